The lowest BCUT2D eigenvalue weighted by Gasteiger charge is -2.14. The maximum atomic E-state index is 12.5. The van der Waals surface area contributed by atoms with Crippen LogP contribution >= 0.6 is 11.8 Å². The van der Waals surface area contributed by atoms with Gasteiger partial charge in [0, 0.05) is 77.0 Å². The molecule has 2 amide bonds. The van der Waals surface area contributed by atoms with E-state index < -0.39 is 11.9 Å². The molecule has 0 spiro atoms. The molecular weight excluding hydrogens is 580 g/mol. The van der Waals surface area contributed by atoms with Crippen molar-refractivity contribution in [2.24, 2.45) is 0 Å². The quantitative estimate of drug-likeness (QED) is 0.174. The smallest absolute Gasteiger partial charge is 0.303 e. The molecule has 1 saturated heterocycles. The van der Waals surface area contributed by atoms with Crippen molar-refractivity contribution in [2.75, 3.05) is 5.75 Å². The minimum Gasteiger partial charge on any atom is -0.481 e. The van der Waals surface area contributed by atoms with Gasteiger partial charge in [-0.1, -0.05) is 6.92 Å². The Hall–Kier alpha value is -3.73. The highest BCUT2D eigenvalue weighted by molar-refractivity contribution is 8.07. The molecular formula is C33H42N4O6S. The van der Waals surface area contributed by atoms with Gasteiger partial charge in [-0.05, 0) is 80.4 Å². The summed E-state index contributed by atoms with van der Waals surface area (Å²) in [6.07, 6.45) is 2.98. The van der Waals surface area contributed by atoms with Crippen molar-refractivity contribution < 1.29 is 29.4 Å². The summed E-state index contributed by atoms with van der Waals surface area (Å²) >= 11 is 1.84. The van der Waals surface area contributed by atoms with E-state index in [0.717, 1.165) is 73.1 Å². The van der Waals surface area contributed by atoms with Crippen molar-refractivity contribution in [3.63, 3.8) is 0 Å². The second-order valence-corrected chi connectivity index (χ2v) is 13.4. The molecule has 44 heavy (non-hydrogen) atoms. The average molecular weight is 623 g/mol. The predicted octanol–water partition coefficient (Wildman–Crippen LogP) is 3.83. The van der Waals surface area contributed by atoms with Gasteiger partial charge in [0.2, 0.25) is 11.8 Å². The molecule has 1 fully saturated rings. The third-order valence-electron chi connectivity index (χ3n) is 9.56. The van der Waals surface area contributed by atoms with Crippen LogP contribution in [0.5, 0.6) is 0 Å². The standard InChI is InChI=1S/C33H42N4O6S/c1-6-19-15(2)24(36-33(19)43)11-22-16(3)20(7-9-29(38)39)25(34-22)13-26-21(8-10-30(40)41)17(4)23(35-26)12-27-31(28-14-44-28)18(5)32(42)37-27/h24,27-28,34-35H,6-14H2,1-5H3,(H,36,43)(H,37,42)(H,38,39)(H,40,41)/t24-,27+,28+/m1/s1. The van der Waals surface area contributed by atoms with Crippen LogP contribution in [0.15, 0.2) is 22.3 Å². The molecule has 236 valence electrons. The van der Waals surface area contributed by atoms with E-state index in [-0.39, 0.29) is 36.7 Å². The van der Waals surface area contributed by atoms with Crippen molar-refractivity contribution >= 4 is 35.5 Å². The minimum atomic E-state index is -0.876. The SMILES string of the molecule is CCC1=C(C)[C@@H](Cc2[nH]c(Cc3[nH]c(C[C@@H]4NC(=O)C(C)=C4[C@@H]4CS4)c(C)c3CCC(=O)O)c(CCC(=O)O)c2C)NC1=O. The van der Waals surface area contributed by atoms with Crippen molar-refractivity contribution in [3.05, 3.63) is 67.3 Å². The molecule has 3 atom stereocenters. The van der Waals surface area contributed by atoms with Crippen LogP contribution in [-0.4, -0.2) is 67.0 Å². The first-order valence-corrected chi connectivity index (χ1v) is 16.4. The highest BCUT2D eigenvalue weighted by Gasteiger charge is 2.40. The molecule has 0 radical (unpaired) electrons. The number of carboxylic acid groups (broad SMARTS) is 2. The second-order valence-electron chi connectivity index (χ2n) is 12.2. The number of carboxylic acids is 2. The van der Waals surface area contributed by atoms with Gasteiger partial charge >= 0.3 is 11.9 Å². The van der Waals surface area contributed by atoms with Gasteiger partial charge in [-0.25, -0.2) is 0 Å². The van der Waals surface area contributed by atoms with Crippen LogP contribution in [0.3, 0.4) is 0 Å². The van der Waals surface area contributed by atoms with Gasteiger partial charge in [0.15, 0.2) is 0 Å². The fourth-order valence-corrected chi connectivity index (χ4v) is 7.73. The summed E-state index contributed by atoms with van der Waals surface area (Å²) in [6.45, 7) is 9.85. The van der Waals surface area contributed by atoms with Crippen LogP contribution in [-0.2, 0) is 51.3 Å². The minimum absolute atomic E-state index is 0.0120. The van der Waals surface area contributed by atoms with Crippen LogP contribution in [0.4, 0.5) is 0 Å². The number of aromatic nitrogens is 2. The summed E-state index contributed by atoms with van der Waals surface area (Å²) in [7, 11) is 0. The topological polar surface area (TPSA) is 164 Å². The number of H-pyrrole nitrogens is 2. The molecule has 6 N–H and O–H groups in total. The highest BCUT2D eigenvalue weighted by atomic mass is 32.2. The lowest BCUT2D eigenvalue weighted by molar-refractivity contribution is -0.138. The third-order valence-corrected chi connectivity index (χ3v) is 10.5. The molecule has 10 nitrogen and oxygen atoms in total. The lowest BCUT2D eigenvalue weighted by atomic mass is 9.95. The molecule has 0 aromatic carbocycles. The van der Waals surface area contributed by atoms with Crippen molar-refractivity contribution in [1.29, 1.82) is 0 Å². The number of rotatable bonds is 14. The molecule has 0 aliphatic carbocycles. The fourth-order valence-electron chi connectivity index (χ4n) is 6.93. The number of carbonyl (C=O) groups is 4. The Morgan fingerprint density at radius 3 is 1.75 bits per heavy atom. The Morgan fingerprint density at radius 1 is 0.795 bits per heavy atom. The Balaban J connectivity index is 1.48. The van der Waals surface area contributed by atoms with E-state index in [4.69, 9.17) is 0 Å². The zero-order valence-corrected chi connectivity index (χ0v) is 26.8. The predicted molar refractivity (Wildman–Crippen MR) is 169 cm³/mol. The number of aromatic amines is 2. The highest BCUT2D eigenvalue weighted by Crippen LogP contribution is 2.42. The largest absolute Gasteiger partial charge is 0.481 e. The number of thioether (sulfide) groups is 1. The number of carbonyl (C=O) groups excluding carboxylic acids is 2. The summed E-state index contributed by atoms with van der Waals surface area (Å²) in [5.74, 6) is -0.792. The van der Waals surface area contributed by atoms with Crippen LogP contribution in [0.1, 0.15) is 85.1 Å². The third kappa shape index (κ3) is 6.38. The van der Waals surface area contributed by atoms with E-state index in [9.17, 15) is 29.4 Å². The number of amides is 2. The van der Waals surface area contributed by atoms with E-state index in [1.165, 1.54) is 0 Å². The molecule has 0 unspecified atom stereocenters. The maximum absolute atomic E-state index is 12.5. The van der Waals surface area contributed by atoms with Gasteiger partial charge in [0.25, 0.3) is 0 Å². The van der Waals surface area contributed by atoms with Gasteiger partial charge in [-0.3, -0.25) is 19.2 Å². The summed E-state index contributed by atoms with van der Waals surface area (Å²) in [5, 5.41) is 25.6. The molecule has 2 aromatic heterocycles. The van der Waals surface area contributed by atoms with Crippen LogP contribution < -0.4 is 10.6 Å². The summed E-state index contributed by atoms with van der Waals surface area (Å²) < 4.78 is 0. The van der Waals surface area contributed by atoms with Gasteiger partial charge in [-0.2, -0.15) is 11.8 Å². The Kier molecular flexibility index (Phi) is 9.15. The Labute approximate surface area is 261 Å². The average Bonchev–Trinajstić information content (AvgIpc) is 3.53. The van der Waals surface area contributed by atoms with E-state index in [2.05, 4.69) is 20.6 Å². The van der Waals surface area contributed by atoms with Gasteiger partial charge in [-0.15, -0.1) is 0 Å². The lowest BCUT2D eigenvalue weighted by Crippen LogP contribution is -2.32. The molecule has 2 aromatic rings. The zero-order chi connectivity index (χ0) is 31.9. The maximum Gasteiger partial charge on any atom is 0.303 e. The van der Waals surface area contributed by atoms with E-state index in [1.807, 2.05) is 46.4 Å². The zero-order valence-electron chi connectivity index (χ0n) is 26.0. The molecule has 11 heteroatoms. The molecule has 5 heterocycles. The molecule has 0 bridgehead atoms. The normalized spacial score (nSPS) is 21.3. The van der Waals surface area contributed by atoms with Crippen LogP contribution in [0.2, 0.25) is 0 Å². The molecule has 0 saturated carbocycles. The molecule has 5 rings (SSSR count). The summed E-state index contributed by atoms with van der Waals surface area (Å²) in [5.41, 5.74) is 11.4. The van der Waals surface area contributed by atoms with E-state index >= 15 is 0 Å². The van der Waals surface area contributed by atoms with Crippen molar-refractivity contribution in [2.45, 2.75) is 103 Å². The van der Waals surface area contributed by atoms with E-state index in [0.29, 0.717) is 43.8 Å². The Bertz CT molecular complexity index is 1590. The number of hydrogen-bond acceptors (Lipinski definition) is 5. The first kappa shape index (κ1) is 31.7. The van der Waals surface area contributed by atoms with E-state index in [1.54, 1.807) is 0 Å². The van der Waals surface area contributed by atoms with Gasteiger partial charge in [0.05, 0.1) is 12.1 Å². The summed E-state index contributed by atoms with van der Waals surface area (Å²) in [4.78, 5) is 55.4. The second kappa shape index (κ2) is 12.7. The van der Waals surface area contributed by atoms with Crippen LogP contribution in [0.25, 0.3) is 0 Å². The number of hydrogen-bond donors (Lipinski definition) is 6. The van der Waals surface area contributed by atoms with Crippen molar-refractivity contribution in [3.8, 4) is 0 Å². The number of nitrogens with one attached hydrogen (secondary N) is 4. The number of aliphatic carboxylic acids is 2. The van der Waals surface area contributed by atoms with Crippen LogP contribution in [0, 0.1) is 13.8 Å². The first-order valence-electron chi connectivity index (χ1n) is 15.3. The van der Waals surface area contributed by atoms with Crippen molar-refractivity contribution in [1.82, 2.24) is 20.6 Å². The molecule has 3 aliphatic rings. The monoisotopic (exact) mass is 622 g/mol. The first-order chi connectivity index (χ1) is 20.9. The molecule has 3 aliphatic heterocycles. The fraction of sp³-hybridized carbons (Fsp3) is 0.515. The van der Waals surface area contributed by atoms with Gasteiger partial charge in [0.1, 0.15) is 0 Å². The Morgan fingerprint density at radius 2 is 1.30 bits per heavy atom. The van der Waals surface area contributed by atoms with Gasteiger partial charge < -0.3 is 30.8 Å². The summed E-state index contributed by atoms with van der Waals surface area (Å²) in [6, 6.07) is -0.228.